The molecule has 0 saturated carbocycles. The van der Waals surface area contributed by atoms with Gasteiger partial charge >= 0.3 is 0 Å². The standard InChI is InChI=1S/C16H17N3O2/c1-20-15-5-3-4-13(16(15)21-2)11-19-7-6-12(10-19)14(8-17)9-18/h3-5H,6-7,10-11H2,1-2H3. The highest BCUT2D eigenvalue weighted by molar-refractivity contribution is 5.47. The Kier molecular flexibility index (Phi) is 4.81. The van der Waals surface area contributed by atoms with Crippen LogP contribution < -0.4 is 9.47 Å². The molecule has 1 aliphatic rings. The Morgan fingerprint density at radius 1 is 1.24 bits per heavy atom. The summed E-state index contributed by atoms with van der Waals surface area (Å²) in [4.78, 5) is 2.20. The van der Waals surface area contributed by atoms with E-state index in [0.717, 1.165) is 29.9 Å². The van der Waals surface area contributed by atoms with Crippen LogP contribution in [0, 0.1) is 22.7 Å². The number of para-hydroxylation sites is 1. The molecular weight excluding hydrogens is 266 g/mol. The van der Waals surface area contributed by atoms with Gasteiger partial charge in [-0.2, -0.15) is 10.5 Å². The second kappa shape index (κ2) is 6.78. The lowest BCUT2D eigenvalue weighted by atomic mass is 10.1. The first-order valence-corrected chi connectivity index (χ1v) is 6.68. The number of hydrogen-bond acceptors (Lipinski definition) is 5. The Morgan fingerprint density at radius 2 is 2.00 bits per heavy atom. The van der Waals surface area contributed by atoms with Crippen molar-refractivity contribution >= 4 is 0 Å². The Morgan fingerprint density at radius 3 is 2.62 bits per heavy atom. The van der Waals surface area contributed by atoms with E-state index < -0.39 is 0 Å². The summed E-state index contributed by atoms with van der Waals surface area (Å²) in [5.41, 5.74) is 2.20. The van der Waals surface area contributed by atoms with Crippen molar-refractivity contribution in [3.05, 3.63) is 34.9 Å². The van der Waals surface area contributed by atoms with Crippen molar-refractivity contribution < 1.29 is 9.47 Å². The molecule has 5 heteroatoms. The van der Waals surface area contributed by atoms with Crippen LogP contribution in [0.25, 0.3) is 0 Å². The summed E-state index contributed by atoms with van der Waals surface area (Å²) in [5, 5.41) is 17.9. The maximum absolute atomic E-state index is 8.93. The van der Waals surface area contributed by atoms with Crippen LogP contribution in [-0.4, -0.2) is 32.2 Å². The number of hydrogen-bond donors (Lipinski definition) is 0. The number of ether oxygens (including phenoxy) is 2. The lowest BCUT2D eigenvalue weighted by molar-refractivity contribution is 0.315. The van der Waals surface area contributed by atoms with Gasteiger partial charge in [0.25, 0.3) is 0 Å². The monoisotopic (exact) mass is 283 g/mol. The average Bonchev–Trinajstić information content (AvgIpc) is 2.96. The molecule has 21 heavy (non-hydrogen) atoms. The quantitative estimate of drug-likeness (QED) is 0.793. The first-order chi connectivity index (χ1) is 10.2. The third-order valence-corrected chi connectivity index (χ3v) is 3.60. The molecule has 2 rings (SSSR count). The highest BCUT2D eigenvalue weighted by atomic mass is 16.5. The van der Waals surface area contributed by atoms with Crippen molar-refractivity contribution in [2.45, 2.75) is 13.0 Å². The minimum Gasteiger partial charge on any atom is -0.493 e. The van der Waals surface area contributed by atoms with Gasteiger partial charge in [0, 0.05) is 25.2 Å². The van der Waals surface area contributed by atoms with Crippen molar-refractivity contribution in [1.82, 2.24) is 4.90 Å². The third-order valence-electron chi connectivity index (χ3n) is 3.60. The smallest absolute Gasteiger partial charge is 0.165 e. The third kappa shape index (κ3) is 3.16. The van der Waals surface area contributed by atoms with Gasteiger partial charge in [0.05, 0.1) is 14.2 Å². The minimum atomic E-state index is 0.245. The number of benzene rings is 1. The second-order valence-electron chi connectivity index (χ2n) is 4.82. The predicted octanol–water partition coefficient (Wildman–Crippen LogP) is 2.25. The van der Waals surface area contributed by atoms with Gasteiger partial charge in [-0.05, 0) is 18.1 Å². The average molecular weight is 283 g/mol. The lowest BCUT2D eigenvalue weighted by Gasteiger charge is -2.18. The molecule has 108 valence electrons. The summed E-state index contributed by atoms with van der Waals surface area (Å²) < 4.78 is 10.7. The fourth-order valence-electron chi connectivity index (χ4n) is 2.56. The molecule has 0 N–H and O–H groups in total. The highest BCUT2D eigenvalue weighted by Crippen LogP contribution is 2.32. The zero-order valence-electron chi connectivity index (χ0n) is 12.2. The first kappa shape index (κ1) is 14.9. The molecule has 0 bridgehead atoms. The molecule has 5 nitrogen and oxygen atoms in total. The van der Waals surface area contributed by atoms with Gasteiger partial charge in [0.1, 0.15) is 17.7 Å². The molecule has 1 aromatic rings. The summed E-state index contributed by atoms with van der Waals surface area (Å²) in [5.74, 6) is 1.44. The number of likely N-dealkylation sites (tertiary alicyclic amines) is 1. The van der Waals surface area contributed by atoms with E-state index in [9.17, 15) is 0 Å². The van der Waals surface area contributed by atoms with Crippen molar-refractivity contribution in [1.29, 1.82) is 10.5 Å². The Balaban J connectivity index is 2.17. The van der Waals surface area contributed by atoms with E-state index in [0.29, 0.717) is 18.8 Å². The molecule has 0 atom stereocenters. The maximum atomic E-state index is 8.93. The van der Waals surface area contributed by atoms with Gasteiger partial charge in [-0.25, -0.2) is 0 Å². The molecule has 0 spiro atoms. The van der Waals surface area contributed by atoms with E-state index in [4.69, 9.17) is 20.0 Å². The first-order valence-electron chi connectivity index (χ1n) is 6.68. The lowest BCUT2D eigenvalue weighted by Crippen LogP contribution is -2.19. The van der Waals surface area contributed by atoms with Crippen LogP contribution in [0.1, 0.15) is 12.0 Å². The van der Waals surface area contributed by atoms with Crippen molar-refractivity contribution in [2.24, 2.45) is 0 Å². The van der Waals surface area contributed by atoms with Gasteiger partial charge in [0.15, 0.2) is 11.5 Å². The SMILES string of the molecule is COc1cccc(CN2CCC(=C(C#N)C#N)C2)c1OC. The van der Waals surface area contributed by atoms with E-state index in [1.807, 2.05) is 30.3 Å². The van der Waals surface area contributed by atoms with Crippen LogP contribution >= 0.6 is 0 Å². The van der Waals surface area contributed by atoms with E-state index in [1.165, 1.54) is 0 Å². The second-order valence-corrected chi connectivity index (χ2v) is 4.82. The van der Waals surface area contributed by atoms with E-state index >= 15 is 0 Å². The summed E-state index contributed by atoms with van der Waals surface area (Å²) >= 11 is 0. The van der Waals surface area contributed by atoms with Crippen LogP contribution in [0.5, 0.6) is 11.5 Å². The van der Waals surface area contributed by atoms with E-state index in [-0.39, 0.29) is 5.57 Å². The molecule has 0 amide bonds. The van der Waals surface area contributed by atoms with Crippen molar-refractivity contribution in [3.8, 4) is 23.6 Å². The van der Waals surface area contributed by atoms with Crippen molar-refractivity contribution in [2.75, 3.05) is 27.3 Å². The molecule has 0 aromatic heterocycles. The molecule has 0 unspecified atom stereocenters. The largest absolute Gasteiger partial charge is 0.493 e. The van der Waals surface area contributed by atoms with Gasteiger partial charge in [-0.1, -0.05) is 12.1 Å². The maximum Gasteiger partial charge on any atom is 0.165 e. The van der Waals surface area contributed by atoms with Gasteiger partial charge < -0.3 is 9.47 Å². The van der Waals surface area contributed by atoms with Crippen LogP contribution in [0.3, 0.4) is 0 Å². The van der Waals surface area contributed by atoms with E-state index in [1.54, 1.807) is 14.2 Å². The van der Waals surface area contributed by atoms with Crippen LogP contribution in [0.2, 0.25) is 0 Å². The van der Waals surface area contributed by atoms with Crippen LogP contribution in [0.4, 0.5) is 0 Å². The molecule has 1 fully saturated rings. The number of nitrogens with zero attached hydrogens (tertiary/aromatic N) is 3. The number of allylic oxidation sites excluding steroid dienone is 1. The van der Waals surface area contributed by atoms with Crippen molar-refractivity contribution in [3.63, 3.8) is 0 Å². The summed E-state index contributed by atoms with van der Waals surface area (Å²) in [6.45, 7) is 2.19. The molecule has 1 aliphatic heterocycles. The molecule has 1 heterocycles. The van der Waals surface area contributed by atoms with Gasteiger partial charge in [-0.15, -0.1) is 0 Å². The van der Waals surface area contributed by atoms with E-state index in [2.05, 4.69) is 4.90 Å². The van der Waals surface area contributed by atoms with Crippen LogP contribution in [0.15, 0.2) is 29.3 Å². The Bertz CT molecular complexity index is 622. The number of methoxy groups -OCH3 is 2. The van der Waals surface area contributed by atoms with Gasteiger partial charge in [0.2, 0.25) is 0 Å². The fourth-order valence-corrected chi connectivity index (χ4v) is 2.56. The zero-order chi connectivity index (χ0) is 15.2. The number of rotatable bonds is 4. The molecular formula is C16H17N3O2. The van der Waals surface area contributed by atoms with Crippen LogP contribution in [-0.2, 0) is 6.54 Å². The summed E-state index contributed by atoms with van der Waals surface area (Å²) in [6.07, 6.45) is 0.767. The summed E-state index contributed by atoms with van der Waals surface area (Å²) in [7, 11) is 3.24. The topological polar surface area (TPSA) is 69.3 Å². The Labute approximate surface area is 124 Å². The molecule has 0 radical (unpaired) electrons. The molecule has 0 aliphatic carbocycles. The molecule has 1 aromatic carbocycles. The fraction of sp³-hybridized carbons (Fsp3) is 0.375. The zero-order valence-corrected chi connectivity index (χ0v) is 12.2. The Hall–Kier alpha value is -2.50. The predicted molar refractivity (Wildman–Crippen MR) is 77.7 cm³/mol. The summed E-state index contributed by atoms with van der Waals surface area (Å²) in [6, 6.07) is 9.72. The highest BCUT2D eigenvalue weighted by Gasteiger charge is 2.21. The molecule has 1 saturated heterocycles. The normalized spacial score (nSPS) is 14.4. The number of nitriles is 2. The minimum absolute atomic E-state index is 0.245. The van der Waals surface area contributed by atoms with Gasteiger partial charge in [-0.3, -0.25) is 4.90 Å².